The van der Waals surface area contributed by atoms with Crippen LogP contribution in [0.25, 0.3) is 10.2 Å². The SMILES string of the molecule is CNc1nc(CSc2ncccn2)nc2sccc12. The molecule has 0 saturated heterocycles. The molecule has 0 aliphatic rings. The number of fused-ring (bicyclic) bond motifs is 1. The summed E-state index contributed by atoms with van der Waals surface area (Å²) >= 11 is 3.15. The van der Waals surface area contributed by atoms with Gasteiger partial charge in [-0.25, -0.2) is 19.9 Å². The summed E-state index contributed by atoms with van der Waals surface area (Å²) < 4.78 is 0. The van der Waals surface area contributed by atoms with Gasteiger partial charge in [0.15, 0.2) is 5.16 Å². The van der Waals surface area contributed by atoms with Gasteiger partial charge < -0.3 is 5.32 Å². The van der Waals surface area contributed by atoms with Gasteiger partial charge in [-0.1, -0.05) is 11.8 Å². The van der Waals surface area contributed by atoms with Gasteiger partial charge >= 0.3 is 0 Å². The van der Waals surface area contributed by atoms with Crippen molar-refractivity contribution in [3.63, 3.8) is 0 Å². The molecular formula is C12H11N5S2. The zero-order valence-corrected chi connectivity index (χ0v) is 11.8. The molecule has 0 atom stereocenters. The first-order valence-corrected chi connectivity index (χ1v) is 7.55. The highest BCUT2D eigenvalue weighted by molar-refractivity contribution is 7.98. The molecule has 3 rings (SSSR count). The Morgan fingerprint density at radius 2 is 2.11 bits per heavy atom. The van der Waals surface area contributed by atoms with Crippen LogP contribution in [0.3, 0.4) is 0 Å². The highest BCUT2D eigenvalue weighted by atomic mass is 32.2. The van der Waals surface area contributed by atoms with Crippen molar-refractivity contribution in [1.29, 1.82) is 0 Å². The van der Waals surface area contributed by atoms with Crippen molar-refractivity contribution in [2.45, 2.75) is 10.9 Å². The van der Waals surface area contributed by atoms with Gasteiger partial charge in [0, 0.05) is 19.4 Å². The second kappa shape index (κ2) is 5.50. The third kappa shape index (κ3) is 2.66. The molecule has 0 aliphatic heterocycles. The van der Waals surface area contributed by atoms with E-state index in [0.717, 1.165) is 27.0 Å². The summed E-state index contributed by atoms with van der Waals surface area (Å²) in [5.41, 5.74) is 0. The Balaban J connectivity index is 1.85. The molecule has 1 N–H and O–H groups in total. The van der Waals surface area contributed by atoms with Crippen molar-refractivity contribution in [3.05, 3.63) is 35.7 Å². The van der Waals surface area contributed by atoms with Gasteiger partial charge in [-0.2, -0.15) is 0 Å². The van der Waals surface area contributed by atoms with E-state index >= 15 is 0 Å². The summed E-state index contributed by atoms with van der Waals surface area (Å²) in [5, 5.41) is 6.94. The third-order valence-corrected chi connectivity index (χ3v) is 4.16. The van der Waals surface area contributed by atoms with Crippen molar-refractivity contribution in [3.8, 4) is 0 Å². The van der Waals surface area contributed by atoms with E-state index in [9.17, 15) is 0 Å². The molecule has 3 aromatic heterocycles. The van der Waals surface area contributed by atoms with E-state index in [1.807, 2.05) is 18.5 Å². The Bertz CT molecular complexity index is 683. The molecule has 0 saturated carbocycles. The molecule has 3 aromatic rings. The number of aromatic nitrogens is 4. The second-order valence-electron chi connectivity index (χ2n) is 3.70. The van der Waals surface area contributed by atoms with Crippen molar-refractivity contribution >= 4 is 39.1 Å². The van der Waals surface area contributed by atoms with Crippen LogP contribution in [0.4, 0.5) is 5.82 Å². The molecule has 0 spiro atoms. The maximum absolute atomic E-state index is 4.55. The largest absolute Gasteiger partial charge is 0.372 e. The van der Waals surface area contributed by atoms with Crippen molar-refractivity contribution in [2.75, 3.05) is 12.4 Å². The molecule has 3 heterocycles. The predicted octanol–water partition coefficient (Wildman–Crippen LogP) is 2.82. The van der Waals surface area contributed by atoms with Gasteiger partial charge in [-0.05, 0) is 17.5 Å². The third-order valence-electron chi connectivity index (χ3n) is 2.48. The van der Waals surface area contributed by atoms with Crippen molar-refractivity contribution in [2.24, 2.45) is 0 Å². The van der Waals surface area contributed by atoms with Gasteiger partial charge in [0.1, 0.15) is 16.5 Å². The molecule has 0 aromatic carbocycles. The van der Waals surface area contributed by atoms with Crippen LogP contribution in [-0.4, -0.2) is 27.0 Å². The molecule has 0 bridgehead atoms. The van der Waals surface area contributed by atoms with E-state index in [0.29, 0.717) is 5.75 Å². The molecule has 0 aliphatic carbocycles. The molecule has 19 heavy (non-hydrogen) atoms. The van der Waals surface area contributed by atoms with Crippen LogP contribution in [0.2, 0.25) is 0 Å². The van der Waals surface area contributed by atoms with Gasteiger partial charge in [0.2, 0.25) is 0 Å². The molecule has 5 nitrogen and oxygen atoms in total. The number of thiophene rings is 1. The predicted molar refractivity (Wildman–Crippen MR) is 78.6 cm³/mol. The molecule has 0 radical (unpaired) electrons. The van der Waals surface area contributed by atoms with Crippen LogP contribution in [0, 0.1) is 0 Å². The average Bonchev–Trinajstić information content (AvgIpc) is 2.93. The van der Waals surface area contributed by atoms with Crippen LogP contribution in [0.5, 0.6) is 0 Å². The summed E-state index contributed by atoms with van der Waals surface area (Å²) in [6.07, 6.45) is 3.47. The second-order valence-corrected chi connectivity index (χ2v) is 5.53. The van der Waals surface area contributed by atoms with E-state index < -0.39 is 0 Å². The highest BCUT2D eigenvalue weighted by Crippen LogP contribution is 2.26. The van der Waals surface area contributed by atoms with Gasteiger partial charge in [0.05, 0.1) is 11.1 Å². The van der Waals surface area contributed by atoms with Gasteiger partial charge in [-0.3, -0.25) is 0 Å². The standard InChI is InChI=1S/C12H11N5S2/c1-13-10-8-3-6-18-11(8)17-9(16-10)7-19-12-14-4-2-5-15-12/h2-6H,7H2,1H3,(H,13,16,17). The Hall–Kier alpha value is -1.73. The maximum Gasteiger partial charge on any atom is 0.187 e. The number of thioether (sulfide) groups is 1. The van der Waals surface area contributed by atoms with Crippen LogP contribution in [0.15, 0.2) is 35.1 Å². The topological polar surface area (TPSA) is 63.6 Å². The van der Waals surface area contributed by atoms with E-state index in [4.69, 9.17) is 0 Å². The Labute approximate surface area is 118 Å². The molecule has 7 heteroatoms. The minimum Gasteiger partial charge on any atom is -0.372 e. The fourth-order valence-corrected chi connectivity index (χ4v) is 3.08. The summed E-state index contributed by atoms with van der Waals surface area (Å²) in [6.45, 7) is 0. The number of rotatable bonds is 4. The lowest BCUT2D eigenvalue weighted by Gasteiger charge is -2.04. The molecular weight excluding hydrogens is 278 g/mol. The Morgan fingerprint density at radius 3 is 2.89 bits per heavy atom. The lowest BCUT2D eigenvalue weighted by atomic mass is 10.4. The zero-order valence-electron chi connectivity index (χ0n) is 10.2. The molecule has 96 valence electrons. The maximum atomic E-state index is 4.55. The minimum absolute atomic E-state index is 0.659. The van der Waals surface area contributed by atoms with Crippen LogP contribution in [0.1, 0.15) is 5.82 Å². The van der Waals surface area contributed by atoms with Gasteiger partial charge in [-0.15, -0.1) is 11.3 Å². The summed E-state index contributed by atoms with van der Waals surface area (Å²) in [5.74, 6) is 2.32. The van der Waals surface area contributed by atoms with Crippen molar-refractivity contribution in [1.82, 2.24) is 19.9 Å². The normalized spacial score (nSPS) is 10.8. The number of hydrogen-bond acceptors (Lipinski definition) is 7. The molecule has 0 fully saturated rings. The Kier molecular flexibility index (Phi) is 3.56. The first-order chi connectivity index (χ1) is 9.36. The molecule has 0 amide bonds. The summed E-state index contributed by atoms with van der Waals surface area (Å²) in [6, 6.07) is 3.83. The fourth-order valence-electron chi connectivity index (χ4n) is 1.64. The van der Waals surface area contributed by atoms with E-state index in [1.54, 1.807) is 29.8 Å². The monoisotopic (exact) mass is 289 g/mol. The fraction of sp³-hybridized carbons (Fsp3) is 0.167. The van der Waals surface area contributed by atoms with E-state index in [-0.39, 0.29) is 0 Å². The van der Waals surface area contributed by atoms with Crippen LogP contribution < -0.4 is 5.32 Å². The summed E-state index contributed by atoms with van der Waals surface area (Å²) in [7, 11) is 1.87. The van der Waals surface area contributed by atoms with E-state index in [2.05, 4.69) is 25.3 Å². The first kappa shape index (κ1) is 12.3. The zero-order chi connectivity index (χ0) is 13.1. The van der Waals surface area contributed by atoms with Crippen molar-refractivity contribution < 1.29 is 0 Å². The summed E-state index contributed by atoms with van der Waals surface area (Å²) in [4.78, 5) is 18.4. The average molecular weight is 289 g/mol. The van der Waals surface area contributed by atoms with E-state index in [1.165, 1.54) is 11.8 Å². The minimum atomic E-state index is 0.659. The smallest absolute Gasteiger partial charge is 0.187 e. The van der Waals surface area contributed by atoms with Gasteiger partial charge in [0.25, 0.3) is 0 Å². The number of anilines is 1. The first-order valence-electron chi connectivity index (χ1n) is 5.68. The van der Waals surface area contributed by atoms with Crippen LogP contribution >= 0.6 is 23.1 Å². The van der Waals surface area contributed by atoms with Crippen LogP contribution in [-0.2, 0) is 5.75 Å². The highest BCUT2D eigenvalue weighted by Gasteiger charge is 2.08. The number of nitrogens with one attached hydrogen (secondary N) is 1. The lowest BCUT2D eigenvalue weighted by Crippen LogP contribution is -1.99. The molecule has 0 unspecified atom stereocenters. The Morgan fingerprint density at radius 1 is 1.26 bits per heavy atom. The number of nitrogens with zero attached hydrogens (tertiary/aromatic N) is 4. The lowest BCUT2D eigenvalue weighted by molar-refractivity contribution is 0.961. The number of hydrogen-bond donors (Lipinski definition) is 1. The quantitative estimate of drug-likeness (QED) is 0.588.